The van der Waals surface area contributed by atoms with E-state index in [1.54, 1.807) is 31.4 Å². The Morgan fingerprint density at radius 3 is 2.14 bits per heavy atom. The van der Waals surface area contributed by atoms with Crippen molar-refractivity contribution in [1.29, 1.82) is 0 Å². The molecule has 11 heteroatoms. The molecule has 0 aliphatic heterocycles. The van der Waals surface area contributed by atoms with E-state index in [0.717, 1.165) is 17.7 Å². The zero-order valence-corrected chi connectivity index (χ0v) is 20.8. The maximum Gasteiger partial charge on any atom is 0.269 e. The van der Waals surface area contributed by atoms with Gasteiger partial charge in [0.25, 0.3) is 15.9 Å². The van der Waals surface area contributed by atoms with Crippen molar-refractivity contribution in [3.8, 4) is 11.5 Å². The van der Waals surface area contributed by atoms with Crippen molar-refractivity contribution in [3.05, 3.63) is 83.9 Å². The fourth-order valence-corrected chi connectivity index (χ4v) is 4.28. The molecule has 3 aromatic rings. The minimum Gasteiger partial charge on any atom is -0.497 e. The number of nitrogens with one attached hydrogen (secondary N) is 4. The summed E-state index contributed by atoms with van der Waals surface area (Å²) in [6, 6.07) is 19.8. The van der Waals surface area contributed by atoms with Crippen LogP contribution in [0, 0.1) is 0 Å². The normalized spacial score (nSPS) is 10.7. The second-order valence-electron chi connectivity index (χ2n) is 7.29. The van der Waals surface area contributed by atoms with Crippen LogP contribution < -0.4 is 30.4 Å². The largest absolute Gasteiger partial charge is 0.497 e. The third kappa shape index (κ3) is 7.59. The van der Waals surface area contributed by atoms with Gasteiger partial charge in [-0.25, -0.2) is 8.42 Å². The van der Waals surface area contributed by atoms with Gasteiger partial charge in [0.1, 0.15) is 11.5 Å². The van der Waals surface area contributed by atoms with Gasteiger partial charge >= 0.3 is 0 Å². The Morgan fingerprint density at radius 2 is 1.51 bits per heavy atom. The summed E-state index contributed by atoms with van der Waals surface area (Å²) in [4.78, 5) is 12.5. The van der Waals surface area contributed by atoms with E-state index in [9.17, 15) is 13.2 Å². The van der Waals surface area contributed by atoms with E-state index in [2.05, 4.69) is 20.9 Å². The number of methoxy groups -OCH3 is 2. The number of hydrazine groups is 1. The van der Waals surface area contributed by atoms with Crippen molar-refractivity contribution in [2.24, 2.45) is 0 Å². The van der Waals surface area contributed by atoms with Gasteiger partial charge in [-0.1, -0.05) is 18.2 Å². The number of carbonyl (C=O) groups is 1. The second kappa shape index (κ2) is 12.0. The fraction of sp³-hybridized carbons (Fsp3) is 0.167. The van der Waals surface area contributed by atoms with E-state index >= 15 is 0 Å². The molecule has 0 saturated carbocycles. The Labute approximate surface area is 209 Å². The minimum absolute atomic E-state index is 0.0545. The first-order valence-electron chi connectivity index (χ1n) is 10.5. The molecule has 0 heterocycles. The smallest absolute Gasteiger partial charge is 0.269 e. The molecule has 3 aromatic carbocycles. The zero-order valence-electron chi connectivity index (χ0n) is 19.2. The van der Waals surface area contributed by atoms with Crippen molar-refractivity contribution < 1.29 is 22.7 Å². The first-order chi connectivity index (χ1) is 16.8. The number of hydrogen-bond donors (Lipinski definition) is 4. The molecule has 3 rings (SSSR count). The van der Waals surface area contributed by atoms with Gasteiger partial charge < -0.3 is 14.8 Å². The van der Waals surface area contributed by atoms with Gasteiger partial charge in [-0.3, -0.25) is 20.4 Å². The van der Waals surface area contributed by atoms with E-state index in [1.165, 1.54) is 31.4 Å². The number of sulfonamides is 1. The number of benzene rings is 3. The summed E-state index contributed by atoms with van der Waals surface area (Å²) >= 11 is 5.18. The topological polar surface area (TPSA) is 118 Å². The summed E-state index contributed by atoms with van der Waals surface area (Å²) < 4.78 is 38.2. The lowest BCUT2D eigenvalue weighted by Crippen LogP contribution is -2.47. The average Bonchev–Trinajstić information content (AvgIpc) is 2.88. The number of thiocarbonyl (C=S) groups is 1. The van der Waals surface area contributed by atoms with E-state index in [-0.39, 0.29) is 15.6 Å². The first kappa shape index (κ1) is 25.8. The quantitative estimate of drug-likeness (QED) is 0.254. The Morgan fingerprint density at radius 1 is 0.886 bits per heavy atom. The molecule has 35 heavy (non-hydrogen) atoms. The molecule has 0 saturated heterocycles. The average molecular weight is 515 g/mol. The van der Waals surface area contributed by atoms with E-state index in [1.807, 2.05) is 24.3 Å². The van der Waals surface area contributed by atoms with Gasteiger partial charge in [0.15, 0.2) is 5.11 Å². The molecule has 0 spiro atoms. The van der Waals surface area contributed by atoms with Crippen LogP contribution in [0.15, 0.2) is 77.7 Å². The summed E-state index contributed by atoms with van der Waals surface area (Å²) in [5.74, 6) is 0.855. The summed E-state index contributed by atoms with van der Waals surface area (Å²) in [7, 11) is -0.762. The molecule has 0 unspecified atom stereocenters. The molecule has 0 radical (unpaired) electrons. The maximum atomic E-state index is 12.7. The fourth-order valence-electron chi connectivity index (χ4n) is 3.02. The molecule has 0 fully saturated rings. The molecule has 0 aliphatic carbocycles. The van der Waals surface area contributed by atoms with Gasteiger partial charge in [-0.2, -0.15) is 0 Å². The van der Waals surface area contributed by atoms with Crippen LogP contribution in [0.1, 0.15) is 15.9 Å². The first-order valence-corrected chi connectivity index (χ1v) is 12.4. The van der Waals surface area contributed by atoms with Crippen LogP contribution in [0.3, 0.4) is 0 Å². The summed E-state index contributed by atoms with van der Waals surface area (Å²) in [5, 5.41) is 3.23. The minimum atomic E-state index is -3.90. The van der Waals surface area contributed by atoms with Crippen molar-refractivity contribution in [2.75, 3.05) is 25.5 Å². The molecule has 1 amide bonds. The highest BCUT2D eigenvalue weighted by molar-refractivity contribution is 7.92. The molecule has 0 aromatic heterocycles. The molecule has 0 atom stereocenters. The number of anilines is 1. The lowest BCUT2D eigenvalue weighted by Gasteiger charge is -2.13. The van der Waals surface area contributed by atoms with Crippen LogP contribution >= 0.6 is 12.2 Å². The summed E-state index contributed by atoms with van der Waals surface area (Å²) in [6.45, 7) is 0.554. The highest BCUT2D eigenvalue weighted by atomic mass is 32.2. The number of carbonyl (C=O) groups excluding carboxylic acids is 1. The number of amides is 1. The predicted octanol–water partition coefficient (Wildman–Crippen LogP) is 2.86. The third-order valence-electron chi connectivity index (χ3n) is 4.90. The summed E-state index contributed by atoms with van der Waals surface area (Å²) in [5.41, 5.74) is 6.70. The van der Waals surface area contributed by atoms with Gasteiger partial charge in [0.2, 0.25) is 0 Å². The van der Waals surface area contributed by atoms with Crippen molar-refractivity contribution in [1.82, 2.24) is 16.2 Å². The van der Waals surface area contributed by atoms with Crippen molar-refractivity contribution in [2.45, 2.75) is 11.3 Å². The molecular weight excluding hydrogens is 488 g/mol. The lowest BCUT2D eigenvalue weighted by molar-refractivity contribution is 0.0943. The van der Waals surface area contributed by atoms with Gasteiger partial charge in [0, 0.05) is 17.8 Å². The molecule has 9 nitrogen and oxygen atoms in total. The zero-order chi connectivity index (χ0) is 25.3. The number of ether oxygens (including phenoxy) is 2. The molecule has 184 valence electrons. The predicted molar refractivity (Wildman–Crippen MR) is 138 cm³/mol. The number of hydrogen-bond acceptors (Lipinski definition) is 6. The van der Waals surface area contributed by atoms with Crippen LogP contribution in [-0.2, 0) is 16.4 Å². The van der Waals surface area contributed by atoms with Gasteiger partial charge in [0.05, 0.1) is 19.1 Å². The van der Waals surface area contributed by atoms with Gasteiger partial charge in [-0.15, -0.1) is 0 Å². The molecular formula is C24H26N4O5S2. The van der Waals surface area contributed by atoms with Crippen LogP contribution in [-0.4, -0.2) is 40.2 Å². The standard InChI is InChI=1S/C24H26N4O5S2/c1-32-20-10-6-17(7-11-20)14-15-25-24(34)27-26-23(29)18-4-3-5-22(16-18)35(30,31)28-19-8-12-21(33-2)13-9-19/h3-13,16,28H,14-15H2,1-2H3,(H,26,29)(H2,25,27,34). The monoisotopic (exact) mass is 514 g/mol. The van der Waals surface area contributed by atoms with Crippen LogP contribution in [0.2, 0.25) is 0 Å². The highest BCUT2D eigenvalue weighted by Crippen LogP contribution is 2.20. The summed E-state index contributed by atoms with van der Waals surface area (Å²) in [6.07, 6.45) is 0.723. The molecule has 0 bridgehead atoms. The Kier molecular flexibility index (Phi) is 8.87. The Balaban J connectivity index is 1.51. The van der Waals surface area contributed by atoms with Crippen molar-refractivity contribution >= 4 is 38.9 Å². The Bertz CT molecular complexity index is 1260. The second-order valence-corrected chi connectivity index (χ2v) is 9.39. The lowest BCUT2D eigenvalue weighted by atomic mass is 10.1. The molecule has 0 aliphatic rings. The van der Waals surface area contributed by atoms with E-state index in [4.69, 9.17) is 21.7 Å². The third-order valence-corrected chi connectivity index (χ3v) is 6.52. The Hall–Kier alpha value is -3.83. The van der Waals surface area contributed by atoms with Gasteiger partial charge in [-0.05, 0) is 78.8 Å². The van der Waals surface area contributed by atoms with E-state index in [0.29, 0.717) is 18.0 Å². The SMILES string of the molecule is COc1ccc(CCNC(=S)NNC(=O)c2cccc(S(=O)(=O)Nc3ccc(OC)cc3)c2)cc1. The van der Waals surface area contributed by atoms with E-state index < -0.39 is 15.9 Å². The molecule has 4 N–H and O–H groups in total. The maximum absolute atomic E-state index is 12.7. The van der Waals surface area contributed by atoms with Crippen molar-refractivity contribution in [3.63, 3.8) is 0 Å². The highest BCUT2D eigenvalue weighted by Gasteiger charge is 2.17. The van der Waals surface area contributed by atoms with Crippen LogP contribution in [0.4, 0.5) is 5.69 Å². The number of rotatable bonds is 9. The van der Waals surface area contributed by atoms with Crippen LogP contribution in [0.5, 0.6) is 11.5 Å². The van der Waals surface area contributed by atoms with Crippen LogP contribution in [0.25, 0.3) is 0 Å².